The first kappa shape index (κ1) is 13.1. The summed E-state index contributed by atoms with van der Waals surface area (Å²) in [6.07, 6.45) is 2.53. The minimum atomic E-state index is -0.0506. The monoisotopic (exact) mass is 269 g/mol. The molecule has 1 amide bonds. The van der Waals surface area contributed by atoms with E-state index in [0.717, 1.165) is 36.7 Å². The first-order valence-corrected chi connectivity index (χ1v) is 7.24. The number of hydrogen-bond donors (Lipinski definition) is 1. The van der Waals surface area contributed by atoms with Crippen molar-refractivity contribution in [2.24, 2.45) is 5.92 Å². The third-order valence-electron chi connectivity index (χ3n) is 4.25. The van der Waals surface area contributed by atoms with Crippen LogP contribution in [0.2, 0.25) is 0 Å². The van der Waals surface area contributed by atoms with Crippen molar-refractivity contribution in [3.8, 4) is 6.07 Å². The number of likely N-dealkylation sites (tertiary alicyclic amines) is 1. The second kappa shape index (κ2) is 5.26. The van der Waals surface area contributed by atoms with Crippen LogP contribution >= 0.6 is 0 Å². The lowest BCUT2D eigenvalue weighted by Crippen LogP contribution is -2.33. The van der Waals surface area contributed by atoms with Crippen molar-refractivity contribution in [3.05, 3.63) is 34.4 Å². The number of piperidine rings is 1. The van der Waals surface area contributed by atoms with Crippen LogP contribution in [-0.4, -0.2) is 23.9 Å². The number of carbonyl (C=O) groups is 1. The standard InChI is InChI=1S/C16H19N3O/c1-11-3-2-4-19(9-11)10-12-5-13(7-17)15-8-18-16(20)14(15)6-12/h5-6,11H,2-4,8-10H2,1H3,(H,18,20)/t11-/m0/s1. The third-order valence-corrected chi connectivity index (χ3v) is 4.25. The lowest BCUT2D eigenvalue weighted by atomic mass is 9.97. The number of amides is 1. The van der Waals surface area contributed by atoms with Crippen LogP contribution in [0.15, 0.2) is 12.1 Å². The van der Waals surface area contributed by atoms with E-state index in [9.17, 15) is 10.1 Å². The van der Waals surface area contributed by atoms with Gasteiger partial charge in [0.05, 0.1) is 11.6 Å². The minimum Gasteiger partial charge on any atom is -0.348 e. The van der Waals surface area contributed by atoms with Gasteiger partial charge in [-0.1, -0.05) is 6.92 Å². The van der Waals surface area contributed by atoms with Gasteiger partial charge in [-0.05, 0) is 43.0 Å². The largest absolute Gasteiger partial charge is 0.348 e. The molecule has 1 N–H and O–H groups in total. The molecule has 1 fully saturated rings. The van der Waals surface area contributed by atoms with Crippen LogP contribution in [0, 0.1) is 17.2 Å². The predicted molar refractivity (Wildman–Crippen MR) is 76.0 cm³/mol. The van der Waals surface area contributed by atoms with E-state index in [0.29, 0.717) is 17.7 Å². The second-order valence-corrected chi connectivity index (χ2v) is 5.95. The molecule has 0 bridgehead atoms. The van der Waals surface area contributed by atoms with Crippen molar-refractivity contribution >= 4 is 5.91 Å². The molecule has 2 aliphatic rings. The fraction of sp³-hybridized carbons (Fsp3) is 0.500. The normalized spacial score (nSPS) is 22.2. The van der Waals surface area contributed by atoms with Crippen LogP contribution in [0.5, 0.6) is 0 Å². The SMILES string of the molecule is C[C@H]1CCCN(Cc2cc(C#N)c3c(c2)C(=O)NC3)C1. The maximum absolute atomic E-state index is 11.8. The van der Waals surface area contributed by atoms with Crippen LogP contribution in [0.4, 0.5) is 0 Å². The Kier molecular flexibility index (Phi) is 3.45. The van der Waals surface area contributed by atoms with E-state index in [1.165, 1.54) is 12.8 Å². The Morgan fingerprint density at radius 2 is 2.35 bits per heavy atom. The molecule has 2 heterocycles. The molecule has 0 aliphatic carbocycles. The molecule has 1 atom stereocenters. The Hall–Kier alpha value is -1.86. The van der Waals surface area contributed by atoms with Crippen LogP contribution < -0.4 is 5.32 Å². The van der Waals surface area contributed by atoms with Gasteiger partial charge in [-0.2, -0.15) is 5.26 Å². The van der Waals surface area contributed by atoms with Gasteiger partial charge in [-0.3, -0.25) is 9.69 Å². The highest BCUT2D eigenvalue weighted by Gasteiger charge is 2.24. The van der Waals surface area contributed by atoms with Crippen LogP contribution in [0.1, 0.15) is 46.8 Å². The summed E-state index contributed by atoms with van der Waals surface area (Å²) in [5, 5.41) is 12.1. The Morgan fingerprint density at radius 3 is 3.10 bits per heavy atom. The van der Waals surface area contributed by atoms with Gasteiger partial charge in [-0.15, -0.1) is 0 Å². The summed E-state index contributed by atoms with van der Waals surface area (Å²) < 4.78 is 0. The molecule has 2 aliphatic heterocycles. The molecule has 3 rings (SSSR count). The van der Waals surface area contributed by atoms with Crippen molar-refractivity contribution in [2.45, 2.75) is 32.9 Å². The number of fused-ring (bicyclic) bond motifs is 1. The Balaban J connectivity index is 1.86. The van der Waals surface area contributed by atoms with Gasteiger partial charge in [0, 0.05) is 30.8 Å². The highest BCUT2D eigenvalue weighted by Crippen LogP contribution is 2.24. The Morgan fingerprint density at radius 1 is 1.50 bits per heavy atom. The van der Waals surface area contributed by atoms with E-state index in [2.05, 4.69) is 23.2 Å². The van der Waals surface area contributed by atoms with E-state index in [4.69, 9.17) is 0 Å². The molecule has 0 aromatic heterocycles. The van der Waals surface area contributed by atoms with E-state index in [1.807, 2.05) is 12.1 Å². The molecule has 1 aromatic rings. The van der Waals surface area contributed by atoms with Crippen molar-refractivity contribution in [1.82, 2.24) is 10.2 Å². The van der Waals surface area contributed by atoms with Crippen molar-refractivity contribution in [2.75, 3.05) is 13.1 Å². The summed E-state index contributed by atoms with van der Waals surface area (Å²) in [4.78, 5) is 14.2. The van der Waals surface area contributed by atoms with E-state index < -0.39 is 0 Å². The molecular formula is C16H19N3O. The van der Waals surface area contributed by atoms with Gasteiger partial charge in [0.1, 0.15) is 0 Å². The molecule has 4 heteroatoms. The zero-order valence-corrected chi connectivity index (χ0v) is 11.8. The van der Waals surface area contributed by atoms with Crippen LogP contribution in [0.3, 0.4) is 0 Å². The Labute approximate surface area is 119 Å². The summed E-state index contributed by atoms with van der Waals surface area (Å²) in [6, 6.07) is 6.12. The van der Waals surface area contributed by atoms with E-state index in [1.54, 1.807) is 0 Å². The number of nitrogens with zero attached hydrogens (tertiary/aromatic N) is 2. The summed E-state index contributed by atoms with van der Waals surface area (Å²) in [6.45, 7) is 5.81. The maximum atomic E-state index is 11.8. The first-order valence-electron chi connectivity index (χ1n) is 7.24. The smallest absolute Gasteiger partial charge is 0.251 e. The van der Waals surface area contributed by atoms with Crippen molar-refractivity contribution < 1.29 is 4.79 Å². The molecule has 4 nitrogen and oxygen atoms in total. The topological polar surface area (TPSA) is 56.1 Å². The van der Waals surface area contributed by atoms with Gasteiger partial charge in [0.25, 0.3) is 5.91 Å². The zero-order valence-electron chi connectivity index (χ0n) is 11.8. The molecule has 1 aromatic carbocycles. The zero-order chi connectivity index (χ0) is 14.1. The van der Waals surface area contributed by atoms with Gasteiger partial charge < -0.3 is 5.32 Å². The average molecular weight is 269 g/mol. The number of rotatable bonds is 2. The summed E-state index contributed by atoms with van der Waals surface area (Å²) >= 11 is 0. The number of nitrogens with one attached hydrogen (secondary N) is 1. The van der Waals surface area contributed by atoms with Gasteiger partial charge in [0.2, 0.25) is 0 Å². The van der Waals surface area contributed by atoms with Gasteiger partial charge >= 0.3 is 0 Å². The lowest BCUT2D eigenvalue weighted by Gasteiger charge is -2.30. The highest BCUT2D eigenvalue weighted by molar-refractivity contribution is 5.99. The van der Waals surface area contributed by atoms with Crippen molar-refractivity contribution in [3.63, 3.8) is 0 Å². The van der Waals surface area contributed by atoms with Crippen LogP contribution in [-0.2, 0) is 13.1 Å². The molecule has 0 unspecified atom stereocenters. The van der Waals surface area contributed by atoms with Crippen molar-refractivity contribution in [1.29, 1.82) is 5.26 Å². The number of hydrogen-bond acceptors (Lipinski definition) is 3. The quantitative estimate of drug-likeness (QED) is 0.893. The number of carbonyl (C=O) groups excluding carboxylic acids is 1. The fourth-order valence-corrected chi connectivity index (χ4v) is 3.27. The Bertz CT molecular complexity index is 588. The molecule has 104 valence electrons. The number of benzene rings is 1. The molecule has 0 spiro atoms. The van der Waals surface area contributed by atoms with Gasteiger partial charge in [0.15, 0.2) is 0 Å². The minimum absolute atomic E-state index is 0.0506. The second-order valence-electron chi connectivity index (χ2n) is 5.95. The summed E-state index contributed by atoms with van der Waals surface area (Å²) in [5.74, 6) is 0.683. The summed E-state index contributed by atoms with van der Waals surface area (Å²) in [7, 11) is 0. The fourth-order valence-electron chi connectivity index (χ4n) is 3.27. The number of nitriles is 1. The average Bonchev–Trinajstić information content (AvgIpc) is 2.80. The van der Waals surface area contributed by atoms with Gasteiger partial charge in [-0.25, -0.2) is 0 Å². The highest BCUT2D eigenvalue weighted by atomic mass is 16.1. The van der Waals surface area contributed by atoms with Crippen LogP contribution in [0.25, 0.3) is 0 Å². The molecule has 1 saturated heterocycles. The lowest BCUT2D eigenvalue weighted by molar-refractivity contribution is 0.0965. The third kappa shape index (κ3) is 2.41. The molecule has 0 saturated carbocycles. The van der Waals surface area contributed by atoms with E-state index >= 15 is 0 Å². The van der Waals surface area contributed by atoms with E-state index in [-0.39, 0.29) is 5.91 Å². The summed E-state index contributed by atoms with van der Waals surface area (Å²) in [5.41, 5.74) is 3.25. The molecule has 20 heavy (non-hydrogen) atoms. The first-order chi connectivity index (χ1) is 9.67. The molecular weight excluding hydrogens is 250 g/mol. The molecule has 0 radical (unpaired) electrons. The predicted octanol–water partition coefficient (Wildman–Crippen LogP) is 2.03. The maximum Gasteiger partial charge on any atom is 0.251 e.